The van der Waals surface area contributed by atoms with Gasteiger partial charge in [0.1, 0.15) is 5.41 Å². The number of hydrogen-bond acceptors (Lipinski definition) is 4. The maximum atomic E-state index is 13.0. The highest BCUT2D eigenvalue weighted by molar-refractivity contribution is 7.09. The largest absolute Gasteiger partial charge is 0.341 e. The first-order valence-electron chi connectivity index (χ1n) is 8.83. The van der Waals surface area contributed by atoms with E-state index in [4.69, 9.17) is 4.98 Å². The molecule has 0 radical (unpaired) electrons. The van der Waals surface area contributed by atoms with Gasteiger partial charge < -0.3 is 4.90 Å². The number of aryl methyl sites for hydroxylation is 1. The Morgan fingerprint density at radius 3 is 2.87 bits per heavy atom. The quantitative estimate of drug-likeness (QED) is 0.844. The molecule has 1 aromatic rings. The summed E-state index contributed by atoms with van der Waals surface area (Å²) >= 11 is 1.72. The molecule has 124 valence electrons. The van der Waals surface area contributed by atoms with E-state index in [1.807, 2.05) is 4.90 Å². The number of likely N-dealkylation sites (tertiary alicyclic amines) is 1. The third-order valence-electron chi connectivity index (χ3n) is 5.32. The zero-order valence-corrected chi connectivity index (χ0v) is 14.7. The van der Waals surface area contributed by atoms with E-state index in [0.717, 1.165) is 75.2 Å². The smallest absolute Gasteiger partial charge is 0.243 e. The highest BCUT2D eigenvalue weighted by Gasteiger charge is 2.43. The summed E-state index contributed by atoms with van der Waals surface area (Å²) in [5, 5.41) is 12.9. The molecule has 1 amide bonds. The number of aromatic nitrogens is 1. The summed E-state index contributed by atoms with van der Waals surface area (Å²) in [7, 11) is 0. The molecule has 1 aliphatic carbocycles. The molecule has 3 rings (SSSR count). The Balaban J connectivity index is 1.72. The number of nitriles is 1. The van der Waals surface area contributed by atoms with Crippen LogP contribution >= 0.6 is 11.3 Å². The lowest BCUT2D eigenvalue weighted by atomic mass is 9.74. The van der Waals surface area contributed by atoms with Crippen LogP contribution in [0.25, 0.3) is 0 Å². The van der Waals surface area contributed by atoms with Crippen LogP contribution < -0.4 is 0 Å². The van der Waals surface area contributed by atoms with Crippen molar-refractivity contribution < 1.29 is 4.79 Å². The number of hydrogen-bond donors (Lipinski definition) is 0. The van der Waals surface area contributed by atoms with Gasteiger partial charge in [-0.25, -0.2) is 4.98 Å². The Morgan fingerprint density at radius 2 is 2.22 bits per heavy atom. The molecule has 1 aliphatic heterocycles. The SMILES string of the molecule is CCc1csc([C@H]2CCCN(C(=O)C3(C#N)CCCCC3)C2)n1. The molecular formula is C18H25N3OS. The molecule has 0 N–H and O–H groups in total. The van der Waals surface area contributed by atoms with Crippen LogP contribution in [-0.2, 0) is 11.2 Å². The molecule has 2 heterocycles. The molecule has 0 spiro atoms. The van der Waals surface area contributed by atoms with Crippen molar-refractivity contribution in [3.05, 3.63) is 16.1 Å². The second-order valence-corrected chi connectivity index (χ2v) is 7.77. The van der Waals surface area contributed by atoms with E-state index in [1.165, 1.54) is 0 Å². The Morgan fingerprint density at radius 1 is 1.43 bits per heavy atom. The average molecular weight is 331 g/mol. The minimum atomic E-state index is -0.752. The zero-order valence-electron chi connectivity index (χ0n) is 13.9. The Bertz CT molecular complexity index is 598. The summed E-state index contributed by atoms with van der Waals surface area (Å²) in [4.78, 5) is 19.7. The van der Waals surface area contributed by atoms with Crippen molar-refractivity contribution in [2.24, 2.45) is 5.41 Å². The molecule has 2 fully saturated rings. The van der Waals surface area contributed by atoms with Gasteiger partial charge in [-0.15, -0.1) is 11.3 Å². The van der Waals surface area contributed by atoms with Crippen molar-refractivity contribution in [1.82, 2.24) is 9.88 Å². The molecule has 5 heteroatoms. The van der Waals surface area contributed by atoms with E-state index < -0.39 is 5.41 Å². The Kier molecular flexibility index (Phi) is 5.01. The molecule has 1 saturated heterocycles. The first-order chi connectivity index (χ1) is 11.2. The predicted octanol–water partition coefficient (Wildman–Crippen LogP) is 3.89. The van der Waals surface area contributed by atoms with Crippen LogP contribution in [-0.4, -0.2) is 28.9 Å². The predicted molar refractivity (Wildman–Crippen MR) is 91.2 cm³/mol. The summed E-state index contributed by atoms with van der Waals surface area (Å²) in [5.41, 5.74) is 0.395. The van der Waals surface area contributed by atoms with Crippen LogP contribution in [0, 0.1) is 16.7 Å². The molecule has 1 saturated carbocycles. The number of piperidine rings is 1. The summed E-state index contributed by atoms with van der Waals surface area (Å²) in [6.07, 6.45) is 7.70. The van der Waals surface area contributed by atoms with Gasteiger partial charge in [0.05, 0.1) is 16.8 Å². The lowest BCUT2D eigenvalue weighted by Gasteiger charge is -2.38. The van der Waals surface area contributed by atoms with E-state index >= 15 is 0 Å². The number of nitrogens with zero attached hydrogens (tertiary/aromatic N) is 3. The van der Waals surface area contributed by atoms with Gasteiger partial charge in [-0.2, -0.15) is 5.26 Å². The van der Waals surface area contributed by atoms with E-state index in [9.17, 15) is 10.1 Å². The topological polar surface area (TPSA) is 57.0 Å². The van der Waals surface area contributed by atoms with Gasteiger partial charge in [0.2, 0.25) is 5.91 Å². The highest BCUT2D eigenvalue weighted by atomic mass is 32.1. The summed E-state index contributed by atoms with van der Waals surface area (Å²) in [5.74, 6) is 0.425. The van der Waals surface area contributed by atoms with Crippen LogP contribution in [0.2, 0.25) is 0 Å². The van der Waals surface area contributed by atoms with Crippen LogP contribution in [0.4, 0.5) is 0 Å². The minimum Gasteiger partial charge on any atom is -0.341 e. The number of amides is 1. The summed E-state index contributed by atoms with van der Waals surface area (Å²) in [6, 6.07) is 2.38. The lowest BCUT2D eigenvalue weighted by Crippen LogP contribution is -2.48. The molecule has 0 unspecified atom stereocenters. The van der Waals surface area contributed by atoms with E-state index in [2.05, 4.69) is 18.4 Å². The van der Waals surface area contributed by atoms with Crippen molar-refractivity contribution in [2.45, 2.75) is 64.2 Å². The van der Waals surface area contributed by atoms with E-state index in [1.54, 1.807) is 11.3 Å². The fourth-order valence-electron chi connectivity index (χ4n) is 3.87. The van der Waals surface area contributed by atoms with Crippen molar-refractivity contribution in [1.29, 1.82) is 5.26 Å². The fraction of sp³-hybridized carbons (Fsp3) is 0.722. The highest BCUT2D eigenvalue weighted by Crippen LogP contribution is 2.39. The average Bonchev–Trinajstić information content (AvgIpc) is 3.11. The first-order valence-corrected chi connectivity index (χ1v) is 9.71. The van der Waals surface area contributed by atoms with Gasteiger partial charge in [0.15, 0.2) is 0 Å². The molecule has 1 aromatic heterocycles. The maximum Gasteiger partial charge on any atom is 0.243 e. The van der Waals surface area contributed by atoms with Crippen molar-refractivity contribution in [3.8, 4) is 6.07 Å². The molecule has 23 heavy (non-hydrogen) atoms. The summed E-state index contributed by atoms with van der Waals surface area (Å²) in [6.45, 7) is 3.65. The number of carbonyl (C=O) groups excluding carboxylic acids is 1. The first kappa shape index (κ1) is 16.4. The second-order valence-electron chi connectivity index (χ2n) is 6.88. The van der Waals surface area contributed by atoms with Gasteiger partial charge in [-0.05, 0) is 32.1 Å². The Labute approximate surface area is 142 Å². The van der Waals surface area contributed by atoms with Gasteiger partial charge in [0.25, 0.3) is 0 Å². The Hall–Kier alpha value is -1.41. The van der Waals surface area contributed by atoms with Gasteiger partial charge >= 0.3 is 0 Å². The number of carbonyl (C=O) groups is 1. The number of thiazole rings is 1. The van der Waals surface area contributed by atoms with Crippen molar-refractivity contribution in [3.63, 3.8) is 0 Å². The third kappa shape index (κ3) is 3.28. The molecule has 1 atom stereocenters. The molecule has 4 nitrogen and oxygen atoms in total. The zero-order chi connectivity index (χ0) is 16.3. The minimum absolute atomic E-state index is 0.0803. The van der Waals surface area contributed by atoms with Crippen LogP contribution in [0.3, 0.4) is 0 Å². The fourth-order valence-corrected chi connectivity index (χ4v) is 4.90. The third-order valence-corrected chi connectivity index (χ3v) is 6.38. The normalized spacial score (nSPS) is 24.2. The van der Waals surface area contributed by atoms with Crippen LogP contribution in [0.5, 0.6) is 0 Å². The standard InChI is InChI=1S/C18H25N3OS/c1-2-15-12-23-16(20-15)14-7-6-10-21(11-14)17(22)18(13-19)8-4-3-5-9-18/h12,14H,2-11H2,1H3/t14-/m0/s1. The van der Waals surface area contributed by atoms with Gasteiger partial charge in [-0.3, -0.25) is 4.79 Å². The van der Waals surface area contributed by atoms with E-state index in [-0.39, 0.29) is 5.91 Å². The molecular weight excluding hydrogens is 306 g/mol. The number of rotatable bonds is 3. The lowest BCUT2D eigenvalue weighted by molar-refractivity contribution is -0.141. The van der Waals surface area contributed by atoms with Crippen LogP contribution in [0.15, 0.2) is 5.38 Å². The maximum absolute atomic E-state index is 13.0. The van der Waals surface area contributed by atoms with Crippen LogP contribution in [0.1, 0.15) is 68.5 Å². The summed E-state index contributed by atoms with van der Waals surface area (Å²) < 4.78 is 0. The van der Waals surface area contributed by atoms with Gasteiger partial charge in [0, 0.05) is 24.4 Å². The second kappa shape index (κ2) is 7.00. The van der Waals surface area contributed by atoms with Gasteiger partial charge in [-0.1, -0.05) is 26.2 Å². The molecule has 0 bridgehead atoms. The monoisotopic (exact) mass is 331 g/mol. The van der Waals surface area contributed by atoms with E-state index in [0.29, 0.717) is 5.92 Å². The molecule has 0 aromatic carbocycles. The molecule has 2 aliphatic rings. The van der Waals surface area contributed by atoms with Crippen molar-refractivity contribution >= 4 is 17.2 Å². The van der Waals surface area contributed by atoms with Crippen molar-refractivity contribution in [2.75, 3.05) is 13.1 Å².